The maximum atomic E-state index is 12.9. The van der Waals surface area contributed by atoms with Crippen molar-refractivity contribution in [3.8, 4) is 17.2 Å². The Labute approximate surface area is 192 Å². The third-order valence-electron chi connectivity index (χ3n) is 5.44. The summed E-state index contributed by atoms with van der Waals surface area (Å²) in [5.74, 6) is 3.13. The third kappa shape index (κ3) is 5.07. The predicted molar refractivity (Wildman–Crippen MR) is 125 cm³/mol. The largest absolute Gasteiger partial charge is 0.493 e. The molecule has 0 atom stereocenters. The number of ether oxygens (including phenoxy) is 2. The molecule has 0 spiro atoms. The molecule has 0 radical (unpaired) electrons. The van der Waals surface area contributed by atoms with Gasteiger partial charge in [-0.2, -0.15) is 0 Å². The molecule has 32 heavy (non-hydrogen) atoms. The lowest BCUT2D eigenvalue weighted by Gasteiger charge is -2.21. The Bertz CT molecular complexity index is 1070. The van der Waals surface area contributed by atoms with Crippen molar-refractivity contribution in [2.24, 2.45) is 0 Å². The minimum atomic E-state index is 0.0521. The van der Waals surface area contributed by atoms with E-state index >= 15 is 0 Å². The fraction of sp³-hybridized carbons (Fsp3) is 0.375. The molecule has 0 N–H and O–H groups in total. The van der Waals surface area contributed by atoms with E-state index in [0.29, 0.717) is 41.4 Å². The van der Waals surface area contributed by atoms with Crippen LogP contribution >= 0.6 is 11.8 Å². The first-order valence-corrected chi connectivity index (χ1v) is 11.7. The molecule has 0 unspecified atom stereocenters. The average molecular weight is 453 g/mol. The van der Waals surface area contributed by atoms with E-state index in [2.05, 4.69) is 0 Å². The fourth-order valence-electron chi connectivity index (χ4n) is 3.52. The van der Waals surface area contributed by atoms with Gasteiger partial charge in [-0.05, 0) is 49.6 Å². The van der Waals surface area contributed by atoms with Gasteiger partial charge < -0.3 is 14.4 Å². The minimum absolute atomic E-state index is 0.0521. The molecule has 2 aromatic carbocycles. The van der Waals surface area contributed by atoms with Crippen LogP contribution in [0.1, 0.15) is 37.1 Å². The van der Waals surface area contributed by atoms with E-state index in [-0.39, 0.29) is 5.91 Å². The zero-order chi connectivity index (χ0) is 22.5. The lowest BCUT2D eigenvalue weighted by molar-refractivity contribution is -0.128. The van der Waals surface area contributed by atoms with Gasteiger partial charge in [-0.25, -0.2) is 9.67 Å². The van der Waals surface area contributed by atoms with Gasteiger partial charge in [0.25, 0.3) is 0 Å². The second-order valence-corrected chi connectivity index (χ2v) is 8.60. The molecule has 1 heterocycles. The fourth-order valence-corrected chi connectivity index (χ4v) is 4.26. The van der Waals surface area contributed by atoms with Crippen LogP contribution in [0.15, 0.2) is 53.7 Å². The van der Waals surface area contributed by atoms with Crippen molar-refractivity contribution >= 4 is 17.7 Å². The van der Waals surface area contributed by atoms with E-state index in [9.17, 15) is 4.79 Å². The van der Waals surface area contributed by atoms with Crippen molar-refractivity contribution < 1.29 is 14.3 Å². The van der Waals surface area contributed by atoms with Crippen LogP contribution in [-0.2, 0) is 11.3 Å². The molecule has 1 aliphatic carbocycles. The Morgan fingerprint density at radius 2 is 1.88 bits per heavy atom. The number of carbonyl (C=O) groups is 1. The van der Waals surface area contributed by atoms with Gasteiger partial charge in [0.1, 0.15) is 5.82 Å². The lowest BCUT2D eigenvalue weighted by atomic mass is 10.2. The highest BCUT2D eigenvalue weighted by Gasteiger charge is 2.30. The Kier molecular flexibility index (Phi) is 6.99. The van der Waals surface area contributed by atoms with E-state index in [1.807, 2.05) is 65.0 Å². The maximum absolute atomic E-state index is 12.9. The second kappa shape index (κ2) is 10.1. The Morgan fingerprint density at radius 3 is 2.53 bits per heavy atom. The van der Waals surface area contributed by atoms with Gasteiger partial charge in [0, 0.05) is 19.0 Å². The average Bonchev–Trinajstić information content (AvgIpc) is 3.60. The summed E-state index contributed by atoms with van der Waals surface area (Å²) in [7, 11) is 3.22. The Balaban J connectivity index is 1.42. The number of aromatic nitrogens is 3. The Morgan fingerprint density at radius 1 is 1.12 bits per heavy atom. The van der Waals surface area contributed by atoms with Crippen LogP contribution < -0.4 is 9.47 Å². The van der Waals surface area contributed by atoms with Crippen LogP contribution in [0, 0.1) is 0 Å². The van der Waals surface area contributed by atoms with Crippen molar-refractivity contribution in [3.05, 3.63) is 59.9 Å². The number of methoxy groups -OCH3 is 2. The van der Waals surface area contributed by atoms with E-state index in [4.69, 9.17) is 19.6 Å². The summed E-state index contributed by atoms with van der Waals surface area (Å²) in [5.41, 5.74) is 1.99. The summed E-state index contributed by atoms with van der Waals surface area (Å²) in [4.78, 5) is 19.5. The number of amides is 1. The highest BCUT2D eigenvalue weighted by atomic mass is 32.2. The van der Waals surface area contributed by atoms with Crippen molar-refractivity contribution in [1.29, 1.82) is 0 Å². The van der Waals surface area contributed by atoms with Gasteiger partial charge in [0.15, 0.2) is 11.5 Å². The molecule has 8 heteroatoms. The summed E-state index contributed by atoms with van der Waals surface area (Å²) in [5, 5.41) is 5.34. The molecule has 7 nitrogen and oxygen atoms in total. The van der Waals surface area contributed by atoms with Crippen molar-refractivity contribution in [3.63, 3.8) is 0 Å². The van der Waals surface area contributed by atoms with Gasteiger partial charge in [-0.1, -0.05) is 36.0 Å². The highest BCUT2D eigenvalue weighted by Crippen LogP contribution is 2.40. The first-order chi connectivity index (χ1) is 15.6. The number of hydrogen-bond acceptors (Lipinski definition) is 6. The summed E-state index contributed by atoms with van der Waals surface area (Å²) in [6.07, 6.45) is 2.28. The zero-order valence-corrected chi connectivity index (χ0v) is 19.5. The molecule has 0 bridgehead atoms. The first kappa shape index (κ1) is 22.2. The molecule has 168 valence electrons. The molecule has 1 amide bonds. The van der Waals surface area contributed by atoms with Gasteiger partial charge in [0.2, 0.25) is 11.1 Å². The van der Waals surface area contributed by atoms with Crippen LogP contribution in [0.4, 0.5) is 0 Å². The van der Waals surface area contributed by atoms with Crippen LogP contribution in [0.25, 0.3) is 5.69 Å². The van der Waals surface area contributed by atoms with Gasteiger partial charge in [-0.15, -0.1) is 5.10 Å². The number of hydrogen-bond donors (Lipinski definition) is 0. The van der Waals surface area contributed by atoms with Gasteiger partial charge in [-0.3, -0.25) is 4.79 Å². The Hall–Kier alpha value is -3.00. The molecule has 1 saturated carbocycles. The van der Waals surface area contributed by atoms with Crippen molar-refractivity contribution in [1.82, 2.24) is 19.7 Å². The van der Waals surface area contributed by atoms with E-state index in [1.54, 1.807) is 14.2 Å². The SMILES string of the molecule is CCN(Cc1ccc(OC)c(OC)c1)C(=O)CSc1nc(C2CC2)n(-c2ccccc2)n1. The summed E-state index contributed by atoms with van der Waals surface area (Å²) < 4.78 is 12.6. The smallest absolute Gasteiger partial charge is 0.233 e. The minimum Gasteiger partial charge on any atom is -0.493 e. The third-order valence-corrected chi connectivity index (χ3v) is 6.26. The van der Waals surface area contributed by atoms with E-state index < -0.39 is 0 Å². The molecule has 4 rings (SSSR count). The lowest BCUT2D eigenvalue weighted by Crippen LogP contribution is -2.31. The molecular weight excluding hydrogens is 424 g/mol. The number of carbonyl (C=O) groups excluding carboxylic acids is 1. The number of para-hydroxylation sites is 1. The van der Waals surface area contributed by atoms with Crippen molar-refractivity contribution in [2.45, 2.75) is 37.4 Å². The normalized spacial score (nSPS) is 13.1. The van der Waals surface area contributed by atoms with E-state index in [0.717, 1.165) is 29.9 Å². The topological polar surface area (TPSA) is 69.5 Å². The van der Waals surface area contributed by atoms with E-state index in [1.165, 1.54) is 11.8 Å². The number of rotatable bonds is 10. The monoisotopic (exact) mass is 452 g/mol. The molecule has 1 aliphatic rings. The summed E-state index contributed by atoms with van der Waals surface area (Å²) in [6.45, 7) is 3.11. The molecule has 3 aromatic rings. The number of thioether (sulfide) groups is 1. The van der Waals surface area contributed by atoms with Crippen LogP contribution in [0.3, 0.4) is 0 Å². The molecule has 1 aromatic heterocycles. The zero-order valence-electron chi connectivity index (χ0n) is 18.7. The predicted octanol–water partition coefficient (Wildman–Crippen LogP) is 4.30. The molecule has 1 fully saturated rings. The maximum Gasteiger partial charge on any atom is 0.233 e. The second-order valence-electron chi connectivity index (χ2n) is 7.66. The molecule has 0 saturated heterocycles. The van der Waals surface area contributed by atoms with Crippen molar-refractivity contribution in [2.75, 3.05) is 26.5 Å². The highest BCUT2D eigenvalue weighted by molar-refractivity contribution is 7.99. The number of benzene rings is 2. The van der Waals surface area contributed by atoms with Crippen LogP contribution in [0.5, 0.6) is 11.5 Å². The van der Waals surface area contributed by atoms with Crippen LogP contribution in [0.2, 0.25) is 0 Å². The first-order valence-electron chi connectivity index (χ1n) is 10.8. The molecule has 0 aliphatic heterocycles. The van der Waals surface area contributed by atoms with Gasteiger partial charge >= 0.3 is 0 Å². The number of nitrogens with zero attached hydrogens (tertiary/aromatic N) is 4. The quantitative estimate of drug-likeness (QED) is 0.427. The standard InChI is InChI=1S/C24H28N4O3S/c1-4-27(15-17-10-13-20(30-2)21(14-17)31-3)22(29)16-32-24-25-23(18-11-12-18)28(26-24)19-8-6-5-7-9-19/h5-10,13-14,18H,4,11-12,15-16H2,1-3H3. The summed E-state index contributed by atoms with van der Waals surface area (Å²) in [6, 6.07) is 15.8. The molecular formula is C24H28N4O3S. The summed E-state index contributed by atoms with van der Waals surface area (Å²) >= 11 is 1.39. The van der Waals surface area contributed by atoms with Gasteiger partial charge in [0.05, 0.1) is 25.7 Å². The van der Waals surface area contributed by atoms with Crippen LogP contribution in [-0.4, -0.2) is 52.1 Å².